The van der Waals surface area contributed by atoms with Crippen molar-refractivity contribution in [2.45, 2.75) is 10.1 Å². The van der Waals surface area contributed by atoms with Crippen LogP contribution in [0.3, 0.4) is 0 Å². The van der Waals surface area contributed by atoms with Crippen LogP contribution in [-0.2, 0) is 0 Å². The fourth-order valence-corrected chi connectivity index (χ4v) is 2.67. The van der Waals surface area contributed by atoms with Crippen LogP contribution in [0.25, 0.3) is 11.0 Å². The monoisotopic (exact) mass is 301 g/mol. The fraction of sp³-hybridized carbons (Fsp3) is 0.0714. The summed E-state index contributed by atoms with van der Waals surface area (Å²) in [5.41, 5.74) is 1.70. The summed E-state index contributed by atoms with van der Waals surface area (Å²) in [7, 11) is 1.61. The standard InChI is InChI=1S/C14H11N3O3S/c1-20-8-2-3-10-11(6-8)17-14(16-10)21-9-4-5-15-12(7-9)13(18)19/h2-7H,1H3,(H,16,17)(H,18,19). The predicted molar refractivity (Wildman–Crippen MR) is 78.0 cm³/mol. The second-order valence-corrected chi connectivity index (χ2v) is 5.27. The Hall–Kier alpha value is -2.54. The van der Waals surface area contributed by atoms with Crippen LogP contribution in [0.1, 0.15) is 10.5 Å². The Labute approximate surface area is 124 Å². The molecule has 0 aliphatic carbocycles. The number of carboxylic acids is 1. The van der Waals surface area contributed by atoms with Gasteiger partial charge in [-0.25, -0.2) is 14.8 Å². The van der Waals surface area contributed by atoms with Crippen molar-refractivity contribution in [1.29, 1.82) is 0 Å². The molecular weight excluding hydrogens is 290 g/mol. The van der Waals surface area contributed by atoms with Crippen molar-refractivity contribution in [2.75, 3.05) is 7.11 Å². The lowest BCUT2D eigenvalue weighted by Gasteiger charge is -1.98. The van der Waals surface area contributed by atoms with E-state index in [2.05, 4.69) is 15.0 Å². The number of aromatic carboxylic acids is 1. The SMILES string of the molecule is COc1ccc2nc(Sc3ccnc(C(=O)O)c3)[nH]c2c1. The molecule has 3 rings (SSSR count). The molecule has 6 nitrogen and oxygen atoms in total. The molecule has 0 saturated carbocycles. The number of methoxy groups -OCH3 is 1. The van der Waals surface area contributed by atoms with Crippen molar-refractivity contribution >= 4 is 28.8 Å². The second-order valence-electron chi connectivity index (χ2n) is 4.21. The van der Waals surface area contributed by atoms with Crippen molar-refractivity contribution in [2.24, 2.45) is 0 Å². The van der Waals surface area contributed by atoms with Gasteiger partial charge in [0.15, 0.2) is 5.16 Å². The molecule has 21 heavy (non-hydrogen) atoms. The number of hydrogen-bond acceptors (Lipinski definition) is 5. The lowest BCUT2D eigenvalue weighted by atomic mass is 10.3. The first-order valence-electron chi connectivity index (χ1n) is 6.06. The number of aromatic amines is 1. The molecule has 0 fully saturated rings. The lowest BCUT2D eigenvalue weighted by Crippen LogP contribution is -1.99. The smallest absolute Gasteiger partial charge is 0.354 e. The molecule has 2 aromatic heterocycles. The van der Waals surface area contributed by atoms with E-state index in [0.717, 1.165) is 21.7 Å². The van der Waals surface area contributed by atoms with Gasteiger partial charge in [-0.3, -0.25) is 0 Å². The fourth-order valence-electron chi connectivity index (χ4n) is 1.84. The minimum atomic E-state index is -1.05. The largest absolute Gasteiger partial charge is 0.497 e. The Morgan fingerprint density at radius 1 is 1.33 bits per heavy atom. The average Bonchev–Trinajstić information content (AvgIpc) is 2.88. The molecule has 0 radical (unpaired) electrons. The predicted octanol–water partition coefficient (Wildman–Crippen LogP) is 2.82. The summed E-state index contributed by atoms with van der Waals surface area (Å²) < 4.78 is 5.16. The van der Waals surface area contributed by atoms with Crippen LogP contribution in [-0.4, -0.2) is 33.1 Å². The van der Waals surface area contributed by atoms with Crippen molar-refractivity contribution in [3.63, 3.8) is 0 Å². The molecule has 0 amide bonds. The van der Waals surface area contributed by atoms with Gasteiger partial charge in [0.25, 0.3) is 0 Å². The molecule has 2 heterocycles. The van der Waals surface area contributed by atoms with E-state index in [-0.39, 0.29) is 5.69 Å². The van der Waals surface area contributed by atoms with E-state index < -0.39 is 5.97 Å². The third-order valence-corrected chi connectivity index (χ3v) is 3.71. The van der Waals surface area contributed by atoms with Crippen molar-refractivity contribution < 1.29 is 14.6 Å². The van der Waals surface area contributed by atoms with Crippen LogP contribution < -0.4 is 4.74 Å². The Morgan fingerprint density at radius 3 is 2.95 bits per heavy atom. The van der Waals surface area contributed by atoms with Crippen LogP contribution in [0.15, 0.2) is 46.6 Å². The minimum Gasteiger partial charge on any atom is -0.497 e. The summed E-state index contributed by atoms with van der Waals surface area (Å²) in [4.78, 5) is 23.1. The van der Waals surface area contributed by atoms with Crippen LogP contribution in [0, 0.1) is 0 Å². The topological polar surface area (TPSA) is 88.1 Å². The van der Waals surface area contributed by atoms with E-state index in [4.69, 9.17) is 9.84 Å². The van der Waals surface area contributed by atoms with Gasteiger partial charge in [-0.1, -0.05) is 11.8 Å². The van der Waals surface area contributed by atoms with Gasteiger partial charge in [-0.05, 0) is 24.3 Å². The number of fused-ring (bicyclic) bond motifs is 1. The van der Waals surface area contributed by atoms with Crippen molar-refractivity contribution in [1.82, 2.24) is 15.0 Å². The van der Waals surface area contributed by atoms with Gasteiger partial charge in [0.05, 0.1) is 18.1 Å². The Balaban J connectivity index is 1.91. The maximum atomic E-state index is 10.9. The van der Waals surface area contributed by atoms with E-state index in [0.29, 0.717) is 5.16 Å². The molecule has 7 heteroatoms. The molecule has 0 aliphatic rings. The molecule has 3 aromatic rings. The molecule has 0 unspecified atom stereocenters. The molecule has 0 bridgehead atoms. The van der Waals surface area contributed by atoms with E-state index in [1.807, 2.05) is 18.2 Å². The highest BCUT2D eigenvalue weighted by molar-refractivity contribution is 7.99. The first-order valence-corrected chi connectivity index (χ1v) is 6.88. The zero-order valence-corrected chi connectivity index (χ0v) is 11.8. The zero-order valence-electron chi connectivity index (χ0n) is 11.0. The van der Waals surface area contributed by atoms with Gasteiger partial charge in [-0.2, -0.15) is 0 Å². The van der Waals surface area contributed by atoms with E-state index >= 15 is 0 Å². The van der Waals surface area contributed by atoms with E-state index in [9.17, 15) is 4.79 Å². The molecule has 0 atom stereocenters. The lowest BCUT2D eigenvalue weighted by molar-refractivity contribution is 0.0690. The van der Waals surface area contributed by atoms with Crippen LogP contribution in [0.4, 0.5) is 0 Å². The molecular formula is C14H11N3O3S. The number of nitrogens with one attached hydrogen (secondary N) is 1. The number of carbonyl (C=O) groups is 1. The quantitative estimate of drug-likeness (QED) is 0.770. The number of benzene rings is 1. The summed E-state index contributed by atoms with van der Waals surface area (Å²) in [6.45, 7) is 0. The average molecular weight is 301 g/mol. The minimum absolute atomic E-state index is 0.0118. The normalized spacial score (nSPS) is 10.7. The first-order chi connectivity index (χ1) is 10.2. The molecule has 0 aliphatic heterocycles. The number of hydrogen-bond donors (Lipinski definition) is 2. The molecule has 0 saturated heterocycles. The van der Waals surface area contributed by atoms with Gasteiger partial charge < -0.3 is 14.8 Å². The summed E-state index contributed by atoms with van der Waals surface area (Å²) >= 11 is 1.35. The number of rotatable bonds is 4. The van der Waals surface area contributed by atoms with Gasteiger partial charge in [0.2, 0.25) is 0 Å². The summed E-state index contributed by atoms with van der Waals surface area (Å²) in [5, 5.41) is 9.62. The molecule has 106 valence electrons. The Kier molecular flexibility index (Phi) is 3.49. The van der Waals surface area contributed by atoms with Gasteiger partial charge in [0.1, 0.15) is 11.4 Å². The molecule has 2 N–H and O–H groups in total. The number of ether oxygens (including phenoxy) is 1. The Morgan fingerprint density at radius 2 is 2.19 bits per heavy atom. The number of aromatic nitrogens is 3. The third kappa shape index (κ3) is 2.82. The highest BCUT2D eigenvalue weighted by Gasteiger charge is 2.09. The number of imidazole rings is 1. The highest BCUT2D eigenvalue weighted by Crippen LogP contribution is 2.28. The van der Waals surface area contributed by atoms with Crippen LogP contribution in [0.5, 0.6) is 5.75 Å². The number of nitrogens with zero attached hydrogens (tertiary/aromatic N) is 2. The molecule has 0 spiro atoms. The highest BCUT2D eigenvalue weighted by atomic mass is 32.2. The maximum absolute atomic E-state index is 10.9. The third-order valence-electron chi connectivity index (χ3n) is 2.83. The van der Waals surface area contributed by atoms with Gasteiger partial charge in [0, 0.05) is 17.2 Å². The van der Waals surface area contributed by atoms with Gasteiger partial charge >= 0.3 is 5.97 Å². The number of pyridine rings is 1. The number of carboxylic acid groups (broad SMARTS) is 1. The maximum Gasteiger partial charge on any atom is 0.354 e. The zero-order chi connectivity index (χ0) is 14.8. The summed E-state index contributed by atoms with van der Waals surface area (Å²) in [5.74, 6) is -0.299. The first kappa shape index (κ1) is 13.4. The molecule has 1 aromatic carbocycles. The Bertz CT molecular complexity index is 816. The summed E-state index contributed by atoms with van der Waals surface area (Å²) in [6, 6.07) is 8.82. The van der Waals surface area contributed by atoms with Gasteiger partial charge in [-0.15, -0.1) is 0 Å². The number of H-pyrrole nitrogens is 1. The summed E-state index contributed by atoms with van der Waals surface area (Å²) in [6.07, 6.45) is 1.47. The van der Waals surface area contributed by atoms with Crippen molar-refractivity contribution in [3.8, 4) is 5.75 Å². The van der Waals surface area contributed by atoms with Crippen LogP contribution >= 0.6 is 11.8 Å². The van der Waals surface area contributed by atoms with E-state index in [1.165, 1.54) is 24.0 Å². The van der Waals surface area contributed by atoms with Crippen molar-refractivity contribution in [3.05, 3.63) is 42.2 Å². The van der Waals surface area contributed by atoms with Crippen LogP contribution in [0.2, 0.25) is 0 Å². The van der Waals surface area contributed by atoms with E-state index in [1.54, 1.807) is 13.2 Å². The second kappa shape index (κ2) is 5.45.